The Labute approximate surface area is 115 Å². The summed E-state index contributed by atoms with van der Waals surface area (Å²) >= 11 is 1.92. The summed E-state index contributed by atoms with van der Waals surface area (Å²) in [6.07, 6.45) is 5.21. The number of aromatic hydroxyl groups is 1. The van der Waals surface area contributed by atoms with Gasteiger partial charge in [0.2, 0.25) is 0 Å². The van der Waals surface area contributed by atoms with Gasteiger partial charge in [-0.1, -0.05) is 12.8 Å². The van der Waals surface area contributed by atoms with Crippen LogP contribution in [0.3, 0.4) is 0 Å². The van der Waals surface area contributed by atoms with Gasteiger partial charge in [-0.05, 0) is 30.5 Å². The molecule has 3 nitrogen and oxygen atoms in total. The molecular formula is C15H16O3S. The molecule has 0 radical (unpaired) electrons. The van der Waals surface area contributed by atoms with E-state index in [-0.39, 0.29) is 11.4 Å². The van der Waals surface area contributed by atoms with Crippen molar-refractivity contribution < 1.29 is 9.52 Å². The van der Waals surface area contributed by atoms with Crippen LogP contribution in [0.1, 0.15) is 31.2 Å². The average Bonchev–Trinajstić information content (AvgIpc) is 2.88. The monoisotopic (exact) mass is 276 g/mol. The minimum atomic E-state index is -0.347. The highest BCUT2D eigenvalue weighted by Gasteiger charge is 2.16. The van der Waals surface area contributed by atoms with Crippen LogP contribution in [0.5, 0.6) is 5.75 Å². The Balaban J connectivity index is 1.90. The van der Waals surface area contributed by atoms with Gasteiger partial charge >= 0.3 is 5.63 Å². The van der Waals surface area contributed by atoms with E-state index in [4.69, 9.17) is 4.42 Å². The van der Waals surface area contributed by atoms with E-state index in [0.29, 0.717) is 5.58 Å². The molecule has 0 unspecified atom stereocenters. The highest BCUT2D eigenvalue weighted by molar-refractivity contribution is 7.99. The molecule has 1 aromatic carbocycles. The standard InChI is InChI=1S/C15H16O3S/c16-11-5-6-13-10(7-15(17)18-14(13)8-11)9-19-12-3-1-2-4-12/h5-8,12,16H,1-4,9H2. The van der Waals surface area contributed by atoms with E-state index in [0.717, 1.165) is 22.0 Å². The lowest BCUT2D eigenvalue weighted by Gasteiger charge is -2.10. The van der Waals surface area contributed by atoms with E-state index in [1.807, 2.05) is 17.8 Å². The van der Waals surface area contributed by atoms with E-state index in [1.54, 1.807) is 12.1 Å². The summed E-state index contributed by atoms with van der Waals surface area (Å²) < 4.78 is 5.13. The minimum absolute atomic E-state index is 0.122. The summed E-state index contributed by atoms with van der Waals surface area (Å²) in [4.78, 5) is 11.6. The van der Waals surface area contributed by atoms with Crippen LogP contribution in [-0.2, 0) is 5.75 Å². The van der Waals surface area contributed by atoms with Crippen molar-refractivity contribution in [2.45, 2.75) is 36.7 Å². The fourth-order valence-electron chi connectivity index (χ4n) is 2.60. The van der Waals surface area contributed by atoms with Crippen molar-refractivity contribution in [1.29, 1.82) is 0 Å². The molecule has 1 saturated carbocycles. The van der Waals surface area contributed by atoms with Gasteiger partial charge in [0.1, 0.15) is 11.3 Å². The van der Waals surface area contributed by atoms with Crippen LogP contribution in [0.2, 0.25) is 0 Å². The van der Waals surface area contributed by atoms with Crippen molar-refractivity contribution in [2.75, 3.05) is 0 Å². The molecule has 1 aliphatic rings. The van der Waals surface area contributed by atoms with Crippen LogP contribution in [-0.4, -0.2) is 10.4 Å². The summed E-state index contributed by atoms with van der Waals surface area (Å²) in [5.74, 6) is 0.952. The smallest absolute Gasteiger partial charge is 0.336 e. The molecule has 19 heavy (non-hydrogen) atoms. The Kier molecular flexibility index (Phi) is 3.51. The van der Waals surface area contributed by atoms with E-state index in [1.165, 1.54) is 31.7 Å². The molecule has 0 spiro atoms. The molecular weight excluding hydrogens is 260 g/mol. The maximum absolute atomic E-state index is 11.6. The van der Waals surface area contributed by atoms with Crippen molar-refractivity contribution >= 4 is 22.7 Å². The van der Waals surface area contributed by atoms with Crippen molar-refractivity contribution in [2.24, 2.45) is 0 Å². The van der Waals surface area contributed by atoms with Gasteiger partial charge in [0.05, 0.1) is 0 Å². The number of fused-ring (bicyclic) bond motifs is 1. The Morgan fingerprint density at radius 3 is 2.84 bits per heavy atom. The molecule has 1 aromatic heterocycles. The van der Waals surface area contributed by atoms with Gasteiger partial charge in [-0.25, -0.2) is 4.79 Å². The zero-order chi connectivity index (χ0) is 13.2. The van der Waals surface area contributed by atoms with Crippen LogP contribution in [0.25, 0.3) is 11.0 Å². The molecule has 1 N–H and O–H groups in total. The second kappa shape index (κ2) is 5.29. The number of thioether (sulfide) groups is 1. The van der Waals surface area contributed by atoms with Crippen molar-refractivity contribution in [1.82, 2.24) is 0 Å². The maximum Gasteiger partial charge on any atom is 0.336 e. The molecule has 3 rings (SSSR count). The Morgan fingerprint density at radius 1 is 1.26 bits per heavy atom. The molecule has 1 heterocycles. The van der Waals surface area contributed by atoms with Gasteiger partial charge in [0.15, 0.2) is 0 Å². The number of rotatable bonds is 3. The van der Waals surface area contributed by atoms with Crippen molar-refractivity contribution in [3.05, 3.63) is 40.2 Å². The van der Waals surface area contributed by atoms with Gasteiger partial charge in [0.25, 0.3) is 0 Å². The van der Waals surface area contributed by atoms with E-state index >= 15 is 0 Å². The van der Waals surface area contributed by atoms with Gasteiger partial charge in [-0.15, -0.1) is 0 Å². The molecule has 0 atom stereocenters. The predicted octanol–water partition coefficient (Wildman–Crippen LogP) is 3.67. The zero-order valence-corrected chi connectivity index (χ0v) is 11.4. The first-order chi connectivity index (χ1) is 9.22. The van der Waals surface area contributed by atoms with Gasteiger partial charge in [-0.3, -0.25) is 0 Å². The third-order valence-corrected chi connectivity index (χ3v) is 5.01. The first kappa shape index (κ1) is 12.6. The van der Waals surface area contributed by atoms with Gasteiger partial charge in [0, 0.05) is 28.5 Å². The predicted molar refractivity (Wildman–Crippen MR) is 77.7 cm³/mol. The Hall–Kier alpha value is -1.42. The number of hydrogen-bond acceptors (Lipinski definition) is 4. The molecule has 0 aliphatic heterocycles. The lowest BCUT2D eigenvalue weighted by Crippen LogP contribution is -2.01. The number of phenolic OH excluding ortho intramolecular Hbond substituents is 1. The van der Waals surface area contributed by atoms with E-state index in [2.05, 4.69) is 0 Å². The lowest BCUT2D eigenvalue weighted by atomic mass is 10.1. The molecule has 2 aromatic rings. The molecule has 1 aliphatic carbocycles. The molecule has 0 saturated heterocycles. The minimum Gasteiger partial charge on any atom is -0.508 e. The van der Waals surface area contributed by atoms with E-state index < -0.39 is 0 Å². The molecule has 4 heteroatoms. The first-order valence-electron chi connectivity index (χ1n) is 6.60. The second-order valence-electron chi connectivity index (χ2n) is 4.99. The fraction of sp³-hybridized carbons (Fsp3) is 0.400. The summed E-state index contributed by atoms with van der Waals surface area (Å²) in [5.41, 5.74) is 1.12. The maximum atomic E-state index is 11.6. The Morgan fingerprint density at radius 2 is 2.05 bits per heavy atom. The fourth-order valence-corrected chi connectivity index (χ4v) is 3.92. The van der Waals surface area contributed by atoms with Crippen molar-refractivity contribution in [3.8, 4) is 5.75 Å². The molecule has 0 amide bonds. The Bertz CT molecular complexity index is 641. The van der Waals surface area contributed by atoms with Crippen LogP contribution in [0, 0.1) is 0 Å². The van der Waals surface area contributed by atoms with Gasteiger partial charge in [-0.2, -0.15) is 11.8 Å². The van der Waals surface area contributed by atoms with Gasteiger partial charge < -0.3 is 9.52 Å². The molecule has 0 bridgehead atoms. The summed E-state index contributed by atoms with van der Waals surface area (Å²) in [6, 6.07) is 6.52. The van der Waals surface area contributed by atoms with E-state index in [9.17, 15) is 9.90 Å². The van der Waals surface area contributed by atoms with Crippen LogP contribution < -0.4 is 5.63 Å². The highest BCUT2D eigenvalue weighted by atomic mass is 32.2. The topological polar surface area (TPSA) is 50.4 Å². The second-order valence-corrected chi connectivity index (χ2v) is 6.28. The summed E-state index contributed by atoms with van der Waals surface area (Å²) in [6.45, 7) is 0. The van der Waals surface area contributed by atoms with Crippen LogP contribution in [0.4, 0.5) is 0 Å². The quantitative estimate of drug-likeness (QED) is 0.869. The SMILES string of the molecule is O=c1cc(CSC2CCCC2)c2ccc(O)cc2o1. The number of hydrogen-bond donors (Lipinski definition) is 1. The summed E-state index contributed by atoms with van der Waals surface area (Å²) in [5, 5.41) is 11.1. The first-order valence-corrected chi connectivity index (χ1v) is 7.64. The number of benzene rings is 1. The largest absolute Gasteiger partial charge is 0.508 e. The lowest BCUT2D eigenvalue weighted by molar-refractivity contribution is 0.473. The third-order valence-electron chi connectivity index (χ3n) is 3.59. The van der Waals surface area contributed by atoms with Crippen LogP contribution >= 0.6 is 11.8 Å². The molecule has 1 fully saturated rings. The zero-order valence-electron chi connectivity index (χ0n) is 10.6. The highest BCUT2D eigenvalue weighted by Crippen LogP contribution is 2.33. The number of phenols is 1. The average molecular weight is 276 g/mol. The normalized spacial score (nSPS) is 16.2. The van der Waals surface area contributed by atoms with Crippen LogP contribution in [0.15, 0.2) is 33.5 Å². The third kappa shape index (κ3) is 2.78. The molecule has 100 valence electrons. The summed E-state index contributed by atoms with van der Waals surface area (Å²) in [7, 11) is 0. The van der Waals surface area contributed by atoms with Crippen molar-refractivity contribution in [3.63, 3.8) is 0 Å².